The molecule has 0 fully saturated rings. The van der Waals surface area contributed by atoms with Crippen molar-refractivity contribution >= 4 is 17.8 Å². The van der Waals surface area contributed by atoms with E-state index in [4.69, 9.17) is 5.11 Å². The maximum atomic E-state index is 12.0. The fraction of sp³-hybridized carbons (Fsp3) is 0. The number of carboxylic acid groups (broad SMARTS) is 1. The molecule has 100 valence electrons. The van der Waals surface area contributed by atoms with Crippen molar-refractivity contribution in [2.75, 3.05) is 0 Å². The molecule has 0 saturated carbocycles. The van der Waals surface area contributed by atoms with Gasteiger partial charge in [0, 0.05) is 11.1 Å². The Bertz CT molecular complexity index is 686. The van der Waals surface area contributed by atoms with Gasteiger partial charge in [-0.15, -0.1) is 0 Å². The second-order valence-corrected chi connectivity index (χ2v) is 4.11. The molecule has 2 aromatic carbocycles. The van der Waals surface area contributed by atoms with Crippen molar-refractivity contribution in [3.8, 4) is 5.75 Å². The van der Waals surface area contributed by atoms with Gasteiger partial charge in [-0.05, 0) is 24.3 Å². The maximum Gasteiger partial charge on any atom is 0.336 e. The van der Waals surface area contributed by atoms with Crippen LogP contribution in [0.15, 0.2) is 54.6 Å². The second-order valence-electron chi connectivity index (χ2n) is 4.11. The van der Waals surface area contributed by atoms with Gasteiger partial charge in [0.15, 0.2) is 5.78 Å². The highest BCUT2D eigenvalue weighted by molar-refractivity contribution is 6.12. The first-order valence-corrected chi connectivity index (χ1v) is 5.92. The number of ketones is 1. The van der Waals surface area contributed by atoms with Crippen molar-refractivity contribution in [3.63, 3.8) is 0 Å². The van der Waals surface area contributed by atoms with Crippen molar-refractivity contribution in [2.45, 2.75) is 0 Å². The Hall–Kier alpha value is -2.88. The Kier molecular flexibility index (Phi) is 3.96. The van der Waals surface area contributed by atoms with Crippen LogP contribution in [0.1, 0.15) is 26.3 Å². The third kappa shape index (κ3) is 2.92. The number of carboxylic acids is 1. The molecule has 2 N–H and O–H groups in total. The lowest BCUT2D eigenvalue weighted by Crippen LogP contribution is -2.06. The third-order valence-corrected chi connectivity index (χ3v) is 2.77. The molecule has 0 amide bonds. The fourth-order valence-electron chi connectivity index (χ4n) is 1.77. The van der Waals surface area contributed by atoms with Crippen LogP contribution >= 0.6 is 0 Å². The normalized spacial score (nSPS) is 10.6. The summed E-state index contributed by atoms with van der Waals surface area (Å²) in [5.74, 6) is -1.51. The van der Waals surface area contributed by atoms with Crippen LogP contribution in [0.25, 0.3) is 6.08 Å². The summed E-state index contributed by atoms with van der Waals surface area (Å²) in [6.45, 7) is 0. The number of aromatic carboxylic acids is 1. The molecule has 0 unspecified atom stereocenters. The molecule has 0 heterocycles. The highest BCUT2D eigenvalue weighted by Gasteiger charge is 2.13. The van der Waals surface area contributed by atoms with Crippen LogP contribution in [0.3, 0.4) is 0 Å². The van der Waals surface area contributed by atoms with E-state index in [0.29, 0.717) is 5.56 Å². The lowest BCUT2D eigenvalue weighted by Gasteiger charge is -2.02. The van der Waals surface area contributed by atoms with Gasteiger partial charge in [0.2, 0.25) is 0 Å². The molecule has 0 aliphatic heterocycles. The van der Waals surface area contributed by atoms with E-state index in [1.807, 2.05) is 0 Å². The molecule has 0 aromatic heterocycles. The average molecular weight is 268 g/mol. The lowest BCUT2D eigenvalue weighted by atomic mass is 10.0. The Morgan fingerprint density at radius 3 is 2.15 bits per heavy atom. The average Bonchev–Trinajstić information content (AvgIpc) is 2.46. The van der Waals surface area contributed by atoms with Crippen LogP contribution < -0.4 is 0 Å². The predicted octanol–water partition coefficient (Wildman–Crippen LogP) is 2.99. The van der Waals surface area contributed by atoms with E-state index < -0.39 is 11.8 Å². The minimum atomic E-state index is -1.15. The van der Waals surface area contributed by atoms with Crippen LogP contribution in [-0.4, -0.2) is 22.0 Å². The van der Waals surface area contributed by atoms with Gasteiger partial charge in [-0.1, -0.05) is 36.4 Å². The molecular formula is C16H12O4. The summed E-state index contributed by atoms with van der Waals surface area (Å²) in [5, 5.41) is 18.6. The molecular weight excluding hydrogens is 256 g/mol. The van der Waals surface area contributed by atoms with E-state index in [-0.39, 0.29) is 16.9 Å². The SMILES string of the molecule is O=C(O)c1ccccc1C(=O)C=Cc1ccccc1O. The Morgan fingerprint density at radius 1 is 0.900 bits per heavy atom. The van der Waals surface area contributed by atoms with Gasteiger partial charge in [-0.2, -0.15) is 0 Å². The molecule has 20 heavy (non-hydrogen) atoms. The molecule has 0 bridgehead atoms. The number of rotatable bonds is 4. The number of phenolic OH excluding ortho intramolecular Hbond substituents is 1. The van der Waals surface area contributed by atoms with Crippen LogP contribution in [0, 0.1) is 0 Å². The first kappa shape index (κ1) is 13.5. The highest BCUT2D eigenvalue weighted by Crippen LogP contribution is 2.18. The molecule has 4 heteroatoms. The van der Waals surface area contributed by atoms with Gasteiger partial charge in [-0.3, -0.25) is 4.79 Å². The Morgan fingerprint density at radius 2 is 1.50 bits per heavy atom. The van der Waals surface area contributed by atoms with E-state index in [1.54, 1.807) is 30.3 Å². The van der Waals surface area contributed by atoms with Crippen molar-refractivity contribution in [1.82, 2.24) is 0 Å². The van der Waals surface area contributed by atoms with E-state index >= 15 is 0 Å². The summed E-state index contributed by atoms with van der Waals surface area (Å²) in [5.41, 5.74) is 0.569. The summed E-state index contributed by atoms with van der Waals surface area (Å²) >= 11 is 0. The van der Waals surface area contributed by atoms with Crippen LogP contribution in [0.5, 0.6) is 5.75 Å². The first-order valence-electron chi connectivity index (χ1n) is 5.92. The number of carbonyl (C=O) groups excluding carboxylic acids is 1. The quantitative estimate of drug-likeness (QED) is 0.660. The number of hydrogen-bond donors (Lipinski definition) is 2. The number of benzene rings is 2. The number of para-hydroxylation sites is 1. The number of aromatic hydroxyl groups is 1. The molecule has 0 aliphatic carbocycles. The first-order chi connectivity index (χ1) is 9.59. The zero-order valence-electron chi connectivity index (χ0n) is 10.5. The summed E-state index contributed by atoms with van der Waals surface area (Å²) in [6, 6.07) is 12.6. The van der Waals surface area contributed by atoms with Crippen LogP contribution in [-0.2, 0) is 0 Å². The number of phenols is 1. The molecule has 0 radical (unpaired) electrons. The zero-order valence-corrected chi connectivity index (χ0v) is 10.5. The highest BCUT2D eigenvalue weighted by atomic mass is 16.4. The van der Waals surface area contributed by atoms with E-state index in [2.05, 4.69) is 0 Å². The van der Waals surface area contributed by atoms with Gasteiger partial charge < -0.3 is 10.2 Å². The Labute approximate surface area is 115 Å². The molecule has 0 spiro atoms. The lowest BCUT2D eigenvalue weighted by molar-refractivity contribution is 0.0693. The van der Waals surface area contributed by atoms with Crippen LogP contribution in [0.4, 0.5) is 0 Å². The summed E-state index contributed by atoms with van der Waals surface area (Å²) in [4.78, 5) is 23.1. The second kappa shape index (κ2) is 5.84. The van der Waals surface area contributed by atoms with Gasteiger partial charge >= 0.3 is 5.97 Å². The topological polar surface area (TPSA) is 74.6 Å². The zero-order chi connectivity index (χ0) is 14.5. The van der Waals surface area contributed by atoms with E-state index in [1.165, 1.54) is 30.4 Å². The molecule has 4 nitrogen and oxygen atoms in total. The minimum Gasteiger partial charge on any atom is -0.507 e. The summed E-state index contributed by atoms with van der Waals surface area (Å²) in [6.07, 6.45) is 2.70. The van der Waals surface area contributed by atoms with E-state index in [9.17, 15) is 14.7 Å². The van der Waals surface area contributed by atoms with Crippen molar-refractivity contribution in [1.29, 1.82) is 0 Å². The molecule has 0 aliphatic rings. The van der Waals surface area contributed by atoms with Crippen molar-refractivity contribution in [3.05, 3.63) is 71.3 Å². The minimum absolute atomic E-state index is 0.0422. The predicted molar refractivity (Wildman–Crippen MR) is 74.9 cm³/mol. The number of carbonyl (C=O) groups is 2. The van der Waals surface area contributed by atoms with Gasteiger partial charge in [0.1, 0.15) is 5.75 Å². The monoisotopic (exact) mass is 268 g/mol. The van der Waals surface area contributed by atoms with Crippen molar-refractivity contribution < 1.29 is 19.8 Å². The maximum absolute atomic E-state index is 12.0. The standard InChI is InChI=1S/C16H12O4/c17-14-8-4-1-5-11(14)9-10-15(18)12-6-2-3-7-13(12)16(19)20/h1-10,17H,(H,19,20). The molecule has 0 saturated heterocycles. The van der Waals surface area contributed by atoms with E-state index in [0.717, 1.165) is 0 Å². The Balaban J connectivity index is 2.30. The van der Waals surface area contributed by atoms with Gasteiger partial charge in [0.05, 0.1) is 5.56 Å². The largest absolute Gasteiger partial charge is 0.507 e. The van der Waals surface area contributed by atoms with Gasteiger partial charge in [0.25, 0.3) is 0 Å². The summed E-state index contributed by atoms with van der Waals surface area (Å²) in [7, 11) is 0. The fourth-order valence-corrected chi connectivity index (χ4v) is 1.77. The molecule has 2 rings (SSSR count). The molecule has 2 aromatic rings. The third-order valence-electron chi connectivity index (χ3n) is 2.77. The van der Waals surface area contributed by atoms with Crippen molar-refractivity contribution in [2.24, 2.45) is 0 Å². The van der Waals surface area contributed by atoms with Gasteiger partial charge in [-0.25, -0.2) is 4.79 Å². The molecule has 0 atom stereocenters. The van der Waals surface area contributed by atoms with Crippen LogP contribution in [0.2, 0.25) is 0 Å². The number of allylic oxidation sites excluding steroid dienone is 1. The number of hydrogen-bond acceptors (Lipinski definition) is 3. The smallest absolute Gasteiger partial charge is 0.336 e. The summed E-state index contributed by atoms with van der Waals surface area (Å²) < 4.78 is 0.